The second kappa shape index (κ2) is 4.84. The van der Waals surface area contributed by atoms with Gasteiger partial charge in [0.2, 0.25) is 0 Å². The van der Waals surface area contributed by atoms with E-state index in [1.165, 1.54) is 30.6 Å². The Balaban J connectivity index is 1.88. The molecule has 0 amide bonds. The number of anilines is 1. The number of imidazole rings is 1. The van der Waals surface area contributed by atoms with Gasteiger partial charge in [-0.05, 0) is 30.9 Å². The number of nitrogens with one attached hydrogen (secondary N) is 1. The zero-order valence-corrected chi connectivity index (χ0v) is 10.7. The van der Waals surface area contributed by atoms with Crippen molar-refractivity contribution in [2.24, 2.45) is 5.92 Å². The van der Waals surface area contributed by atoms with Crippen LogP contribution in [0.2, 0.25) is 0 Å². The lowest BCUT2D eigenvalue weighted by Gasteiger charge is -2.21. The van der Waals surface area contributed by atoms with Crippen molar-refractivity contribution in [3.63, 3.8) is 0 Å². The molecular weight excluding hydrogens is 222 g/mol. The van der Waals surface area contributed by atoms with Crippen LogP contribution in [0.4, 0.5) is 5.69 Å². The third-order valence-corrected chi connectivity index (χ3v) is 3.89. The maximum atomic E-state index is 4.12. The lowest BCUT2D eigenvalue weighted by Crippen LogP contribution is -2.22. The normalized spacial score (nSPS) is 23.2. The molecule has 94 valence electrons. The van der Waals surface area contributed by atoms with E-state index in [0.29, 0.717) is 6.04 Å². The Bertz CT molecular complexity index is 504. The first-order chi connectivity index (χ1) is 8.84. The van der Waals surface area contributed by atoms with Gasteiger partial charge in [0, 0.05) is 18.4 Å². The summed E-state index contributed by atoms with van der Waals surface area (Å²) in [6, 6.07) is 9.04. The molecule has 1 heterocycles. The van der Waals surface area contributed by atoms with Gasteiger partial charge in [0.1, 0.15) is 0 Å². The van der Waals surface area contributed by atoms with E-state index in [2.05, 4.69) is 46.1 Å². The average Bonchev–Trinajstić information content (AvgIpc) is 3.03. The molecule has 1 aliphatic carbocycles. The predicted molar refractivity (Wildman–Crippen MR) is 74.0 cm³/mol. The van der Waals surface area contributed by atoms with E-state index in [1.54, 1.807) is 0 Å². The van der Waals surface area contributed by atoms with Crippen molar-refractivity contribution in [1.29, 1.82) is 0 Å². The first-order valence-corrected chi connectivity index (χ1v) is 6.68. The molecule has 0 spiro atoms. The summed E-state index contributed by atoms with van der Waals surface area (Å²) in [5.74, 6) is 0.765. The van der Waals surface area contributed by atoms with Crippen molar-refractivity contribution in [1.82, 2.24) is 9.55 Å². The molecular formula is C15H19N3. The molecule has 3 nitrogen and oxygen atoms in total. The molecule has 1 aliphatic rings. The summed E-state index contributed by atoms with van der Waals surface area (Å²) in [5.41, 5.74) is 2.38. The molecule has 0 saturated heterocycles. The SMILES string of the molecule is CC1CCCC1Nc1ccccc1-n1ccnc1. The van der Waals surface area contributed by atoms with Crippen molar-refractivity contribution >= 4 is 5.69 Å². The van der Waals surface area contributed by atoms with Crippen molar-refractivity contribution in [2.45, 2.75) is 32.2 Å². The highest BCUT2D eigenvalue weighted by Crippen LogP contribution is 2.30. The predicted octanol–water partition coefficient (Wildman–Crippen LogP) is 3.47. The summed E-state index contributed by atoms with van der Waals surface area (Å²) in [6.07, 6.45) is 9.60. The fourth-order valence-electron chi connectivity index (χ4n) is 2.78. The van der Waals surface area contributed by atoms with Gasteiger partial charge >= 0.3 is 0 Å². The van der Waals surface area contributed by atoms with Gasteiger partial charge in [0.15, 0.2) is 0 Å². The van der Waals surface area contributed by atoms with Crippen LogP contribution >= 0.6 is 0 Å². The number of rotatable bonds is 3. The van der Waals surface area contributed by atoms with E-state index >= 15 is 0 Å². The highest BCUT2D eigenvalue weighted by molar-refractivity contribution is 5.61. The molecule has 2 atom stereocenters. The van der Waals surface area contributed by atoms with Gasteiger partial charge in [-0.3, -0.25) is 0 Å². The topological polar surface area (TPSA) is 29.9 Å². The minimum Gasteiger partial charge on any atom is -0.380 e. The third-order valence-electron chi connectivity index (χ3n) is 3.89. The van der Waals surface area contributed by atoms with Gasteiger partial charge in [0.25, 0.3) is 0 Å². The zero-order chi connectivity index (χ0) is 12.4. The second-order valence-electron chi connectivity index (χ2n) is 5.15. The lowest BCUT2D eigenvalue weighted by molar-refractivity contribution is 0.556. The summed E-state index contributed by atoms with van der Waals surface area (Å²) >= 11 is 0. The maximum absolute atomic E-state index is 4.12. The summed E-state index contributed by atoms with van der Waals surface area (Å²) in [4.78, 5) is 4.12. The zero-order valence-electron chi connectivity index (χ0n) is 10.7. The first-order valence-electron chi connectivity index (χ1n) is 6.68. The molecule has 1 saturated carbocycles. The summed E-state index contributed by atoms with van der Waals surface area (Å²) in [7, 11) is 0. The number of nitrogens with zero attached hydrogens (tertiary/aromatic N) is 2. The Kier molecular flexibility index (Phi) is 3.05. The Labute approximate surface area is 108 Å². The monoisotopic (exact) mass is 241 g/mol. The molecule has 3 rings (SSSR count). The van der Waals surface area contributed by atoms with Crippen LogP contribution in [0.1, 0.15) is 26.2 Å². The highest BCUT2D eigenvalue weighted by atomic mass is 15.1. The Morgan fingerprint density at radius 1 is 1.28 bits per heavy atom. The standard InChI is InChI=1S/C15H19N3/c1-12-5-4-7-13(12)17-14-6-2-3-8-15(14)18-10-9-16-11-18/h2-3,6,8-13,17H,4-5,7H2,1H3. The van der Waals surface area contributed by atoms with Gasteiger partial charge in [-0.15, -0.1) is 0 Å². The molecule has 2 aromatic rings. The van der Waals surface area contributed by atoms with Crippen molar-refractivity contribution in [3.8, 4) is 5.69 Å². The van der Waals surface area contributed by atoms with Crippen molar-refractivity contribution in [3.05, 3.63) is 43.0 Å². The van der Waals surface area contributed by atoms with Gasteiger partial charge in [-0.25, -0.2) is 4.98 Å². The maximum Gasteiger partial charge on any atom is 0.0992 e. The first kappa shape index (κ1) is 11.3. The van der Waals surface area contributed by atoms with Crippen LogP contribution < -0.4 is 5.32 Å². The number of benzene rings is 1. The Hall–Kier alpha value is -1.77. The van der Waals surface area contributed by atoms with E-state index in [0.717, 1.165) is 5.92 Å². The summed E-state index contributed by atoms with van der Waals surface area (Å²) < 4.78 is 2.06. The van der Waals surface area contributed by atoms with E-state index < -0.39 is 0 Å². The van der Waals surface area contributed by atoms with Crippen LogP contribution in [-0.2, 0) is 0 Å². The lowest BCUT2D eigenvalue weighted by atomic mass is 10.1. The number of aromatic nitrogens is 2. The smallest absolute Gasteiger partial charge is 0.0992 e. The molecule has 2 unspecified atom stereocenters. The number of hydrogen-bond donors (Lipinski definition) is 1. The molecule has 1 N–H and O–H groups in total. The van der Waals surface area contributed by atoms with Crippen LogP contribution in [0, 0.1) is 5.92 Å². The molecule has 1 fully saturated rings. The molecule has 0 bridgehead atoms. The molecule has 1 aromatic heterocycles. The minimum atomic E-state index is 0.606. The van der Waals surface area contributed by atoms with Crippen molar-refractivity contribution < 1.29 is 0 Å². The molecule has 18 heavy (non-hydrogen) atoms. The summed E-state index contributed by atoms with van der Waals surface area (Å²) in [5, 5.41) is 3.70. The van der Waals surface area contributed by atoms with Gasteiger partial charge in [0.05, 0.1) is 17.7 Å². The third kappa shape index (κ3) is 2.13. The fraction of sp³-hybridized carbons (Fsp3) is 0.400. The molecule has 1 aromatic carbocycles. The van der Waals surface area contributed by atoms with E-state index in [9.17, 15) is 0 Å². The van der Waals surface area contributed by atoms with E-state index in [1.807, 2.05) is 18.7 Å². The average molecular weight is 241 g/mol. The quantitative estimate of drug-likeness (QED) is 0.891. The Morgan fingerprint density at radius 2 is 2.17 bits per heavy atom. The largest absolute Gasteiger partial charge is 0.380 e. The van der Waals surface area contributed by atoms with Crippen LogP contribution in [0.25, 0.3) is 5.69 Å². The fourth-order valence-corrected chi connectivity index (χ4v) is 2.78. The number of para-hydroxylation sites is 2. The van der Waals surface area contributed by atoms with Crippen molar-refractivity contribution in [2.75, 3.05) is 5.32 Å². The van der Waals surface area contributed by atoms with Crippen LogP contribution in [-0.4, -0.2) is 15.6 Å². The number of hydrogen-bond acceptors (Lipinski definition) is 2. The molecule has 3 heteroatoms. The van der Waals surface area contributed by atoms with Gasteiger partial charge in [-0.1, -0.05) is 25.5 Å². The van der Waals surface area contributed by atoms with E-state index in [-0.39, 0.29) is 0 Å². The minimum absolute atomic E-state index is 0.606. The second-order valence-corrected chi connectivity index (χ2v) is 5.15. The van der Waals surface area contributed by atoms with Crippen LogP contribution in [0.5, 0.6) is 0 Å². The molecule has 0 radical (unpaired) electrons. The molecule has 0 aliphatic heterocycles. The highest BCUT2D eigenvalue weighted by Gasteiger charge is 2.23. The Morgan fingerprint density at radius 3 is 2.89 bits per heavy atom. The van der Waals surface area contributed by atoms with Crippen LogP contribution in [0.15, 0.2) is 43.0 Å². The van der Waals surface area contributed by atoms with Gasteiger partial charge < -0.3 is 9.88 Å². The van der Waals surface area contributed by atoms with E-state index in [4.69, 9.17) is 0 Å². The van der Waals surface area contributed by atoms with Crippen LogP contribution in [0.3, 0.4) is 0 Å². The summed E-state index contributed by atoms with van der Waals surface area (Å²) in [6.45, 7) is 2.34. The van der Waals surface area contributed by atoms with Gasteiger partial charge in [-0.2, -0.15) is 0 Å².